The second kappa shape index (κ2) is 11.0. The first-order valence-electron chi connectivity index (χ1n) is 11.0. The minimum atomic E-state index is -1.34. The third kappa shape index (κ3) is 5.68. The predicted molar refractivity (Wildman–Crippen MR) is 132 cm³/mol. The summed E-state index contributed by atoms with van der Waals surface area (Å²) in [4.78, 5) is 42.2. The Bertz CT molecular complexity index is 1260. The molecule has 0 aliphatic carbocycles. The Labute approximate surface area is 203 Å². The molecule has 178 valence electrons. The molecule has 0 atom stereocenters. The molecule has 1 aliphatic rings. The van der Waals surface area contributed by atoms with E-state index in [9.17, 15) is 14.4 Å². The summed E-state index contributed by atoms with van der Waals surface area (Å²) in [5.41, 5.74) is 3.12. The lowest BCUT2D eigenvalue weighted by molar-refractivity contribution is -0.149. The van der Waals surface area contributed by atoms with Crippen molar-refractivity contribution in [3.8, 4) is 0 Å². The second-order valence-electron chi connectivity index (χ2n) is 7.71. The summed E-state index contributed by atoms with van der Waals surface area (Å²) in [6, 6.07) is 14.7. The fraction of sp³-hybridized carbons (Fsp3) is 0.231. The van der Waals surface area contributed by atoms with Crippen molar-refractivity contribution in [3.63, 3.8) is 0 Å². The summed E-state index contributed by atoms with van der Waals surface area (Å²) in [6.45, 7) is 14.0. The van der Waals surface area contributed by atoms with Crippen molar-refractivity contribution in [3.05, 3.63) is 82.4 Å². The highest BCUT2D eigenvalue weighted by Gasteiger charge is 2.36. The zero-order valence-corrected chi connectivity index (χ0v) is 19.7. The van der Waals surface area contributed by atoms with Crippen LogP contribution in [0.15, 0.2) is 75.6 Å². The molecule has 0 saturated carbocycles. The summed E-state index contributed by atoms with van der Waals surface area (Å²) < 4.78 is 0. The number of carbonyl (C=O) groups excluding carboxylic acids is 2. The van der Waals surface area contributed by atoms with Crippen LogP contribution in [0.3, 0.4) is 0 Å². The molecule has 2 aromatic carbocycles. The number of amides is 2. The molecule has 3 rings (SSSR count). The first kappa shape index (κ1) is 25.1. The normalized spacial score (nSPS) is 15.1. The van der Waals surface area contributed by atoms with Gasteiger partial charge in [0.25, 0.3) is 17.5 Å². The van der Waals surface area contributed by atoms with Gasteiger partial charge in [0.1, 0.15) is 6.54 Å². The van der Waals surface area contributed by atoms with Crippen LogP contribution in [0.4, 0.5) is 17.1 Å². The number of nitrogens with zero attached hydrogens (tertiary/aromatic N) is 5. The highest BCUT2D eigenvalue weighted by Crippen LogP contribution is 2.28. The molecule has 0 aromatic heterocycles. The number of hydrogen-bond acceptors (Lipinski definition) is 6. The van der Waals surface area contributed by atoms with E-state index in [4.69, 9.17) is 11.7 Å². The summed E-state index contributed by atoms with van der Waals surface area (Å²) in [6.07, 6.45) is 1.52. The molecule has 9 nitrogen and oxygen atoms in total. The smallest absolute Gasteiger partial charge is 0.323 e. The first-order chi connectivity index (χ1) is 16.8. The number of rotatable bonds is 8. The van der Waals surface area contributed by atoms with E-state index >= 15 is 0 Å². The Balaban J connectivity index is 1.81. The van der Waals surface area contributed by atoms with E-state index in [1.165, 1.54) is 13.0 Å². The highest BCUT2D eigenvalue weighted by atomic mass is 16.4. The van der Waals surface area contributed by atoms with Gasteiger partial charge in [0.15, 0.2) is 0 Å². The van der Waals surface area contributed by atoms with Crippen LogP contribution in [0.1, 0.15) is 26.3 Å². The van der Waals surface area contributed by atoms with Gasteiger partial charge in [0, 0.05) is 24.4 Å². The fourth-order valence-electron chi connectivity index (χ4n) is 3.63. The van der Waals surface area contributed by atoms with E-state index in [-0.39, 0.29) is 16.8 Å². The van der Waals surface area contributed by atoms with Crippen molar-refractivity contribution >= 4 is 40.9 Å². The molecular formula is C26H25N5O4. The number of carboxylic acid groups (broad SMARTS) is 1. The number of carboxylic acids is 1. The number of carbonyl (C=O) groups is 3. The molecule has 0 unspecified atom stereocenters. The molecule has 0 bridgehead atoms. The number of azo groups is 1. The average Bonchev–Trinajstić information content (AvgIpc) is 2.85. The molecule has 0 fully saturated rings. The van der Waals surface area contributed by atoms with Gasteiger partial charge in [-0.3, -0.25) is 19.3 Å². The third-order valence-corrected chi connectivity index (χ3v) is 5.55. The molecule has 0 saturated heterocycles. The van der Waals surface area contributed by atoms with Crippen molar-refractivity contribution in [2.75, 3.05) is 24.5 Å². The Hall–Kier alpha value is -4.58. The zero-order valence-electron chi connectivity index (χ0n) is 19.7. The maximum absolute atomic E-state index is 12.8. The van der Waals surface area contributed by atoms with Gasteiger partial charge in [-0.25, -0.2) is 4.85 Å². The van der Waals surface area contributed by atoms with Gasteiger partial charge in [0.05, 0.1) is 17.9 Å². The lowest BCUT2D eigenvalue weighted by Gasteiger charge is -2.26. The number of imide groups is 1. The molecule has 1 aliphatic heterocycles. The van der Waals surface area contributed by atoms with E-state index in [0.29, 0.717) is 16.2 Å². The summed E-state index contributed by atoms with van der Waals surface area (Å²) in [5.74, 6) is -2.99. The number of hydrogen-bond donors (Lipinski definition) is 1. The molecule has 0 spiro atoms. The molecule has 1 heterocycles. The number of benzene rings is 2. The van der Waals surface area contributed by atoms with Crippen LogP contribution in [-0.2, 0) is 14.4 Å². The molecule has 2 aromatic rings. The van der Waals surface area contributed by atoms with Crippen molar-refractivity contribution in [2.45, 2.75) is 20.8 Å². The van der Waals surface area contributed by atoms with Gasteiger partial charge < -0.3 is 10.0 Å². The van der Waals surface area contributed by atoms with Crippen LogP contribution in [0.5, 0.6) is 0 Å². The van der Waals surface area contributed by atoms with Crippen molar-refractivity contribution in [1.29, 1.82) is 0 Å². The van der Waals surface area contributed by atoms with E-state index in [1.54, 1.807) is 24.3 Å². The molecule has 0 radical (unpaired) electrons. The van der Waals surface area contributed by atoms with Gasteiger partial charge in [-0.05, 0) is 74.4 Å². The van der Waals surface area contributed by atoms with E-state index in [1.807, 2.05) is 24.3 Å². The SMILES string of the molecule is [C-]#[N+]C1=C(C)/C(=C/c2ccc(N=Nc3ccc(N(CC)CC)cc3)cc2)C(=O)N(CC(=O)O)C1=O. The second-order valence-corrected chi connectivity index (χ2v) is 7.71. The quantitative estimate of drug-likeness (QED) is 0.253. The van der Waals surface area contributed by atoms with Crippen LogP contribution in [0.2, 0.25) is 0 Å². The maximum atomic E-state index is 12.8. The topological polar surface area (TPSA) is 107 Å². The Morgan fingerprint density at radius 1 is 1.00 bits per heavy atom. The molecule has 2 amide bonds. The largest absolute Gasteiger partial charge is 0.480 e. The molecule has 1 N–H and O–H groups in total. The summed E-state index contributed by atoms with van der Waals surface area (Å²) >= 11 is 0. The zero-order chi connectivity index (χ0) is 25.5. The Morgan fingerprint density at radius 2 is 1.54 bits per heavy atom. The fourth-order valence-corrected chi connectivity index (χ4v) is 3.63. The van der Waals surface area contributed by atoms with Gasteiger partial charge in [0.2, 0.25) is 0 Å². The number of aliphatic carboxylic acids is 1. The van der Waals surface area contributed by atoms with Crippen LogP contribution in [-0.4, -0.2) is 47.4 Å². The first-order valence-corrected chi connectivity index (χ1v) is 11.0. The van der Waals surface area contributed by atoms with Crippen LogP contribution >= 0.6 is 0 Å². The Morgan fingerprint density at radius 3 is 2.03 bits per heavy atom. The third-order valence-electron chi connectivity index (χ3n) is 5.55. The lowest BCUT2D eigenvalue weighted by atomic mass is 9.96. The minimum Gasteiger partial charge on any atom is -0.480 e. The van der Waals surface area contributed by atoms with Crippen molar-refractivity contribution < 1.29 is 19.5 Å². The van der Waals surface area contributed by atoms with E-state index in [0.717, 1.165) is 24.5 Å². The van der Waals surface area contributed by atoms with Crippen molar-refractivity contribution in [1.82, 2.24) is 4.90 Å². The average molecular weight is 472 g/mol. The Kier molecular flexibility index (Phi) is 7.89. The molecule has 9 heteroatoms. The molecular weight excluding hydrogens is 446 g/mol. The van der Waals surface area contributed by atoms with Gasteiger partial charge >= 0.3 is 5.97 Å². The summed E-state index contributed by atoms with van der Waals surface area (Å²) in [5, 5.41) is 17.6. The van der Waals surface area contributed by atoms with Crippen LogP contribution in [0.25, 0.3) is 10.9 Å². The summed E-state index contributed by atoms with van der Waals surface area (Å²) in [7, 11) is 0. The maximum Gasteiger partial charge on any atom is 0.323 e. The van der Waals surface area contributed by atoms with Gasteiger partial charge in [-0.1, -0.05) is 12.1 Å². The van der Waals surface area contributed by atoms with Gasteiger partial charge in [-0.2, -0.15) is 10.2 Å². The monoisotopic (exact) mass is 471 g/mol. The van der Waals surface area contributed by atoms with E-state index < -0.39 is 24.3 Å². The van der Waals surface area contributed by atoms with E-state index in [2.05, 4.69) is 33.8 Å². The number of anilines is 1. The van der Waals surface area contributed by atoms with Crippen LogP contribution in [0, 0.1) is 6.57 Å². The predicted octanol–water partition coefficient (Wildman–Crippen LogP) is 4.98. The molecule has 35 heavy (non-hydrogen) atoms. The highest BCUT2D eigenvalue weighted by molar-refractivity contribution is 6.19. The van der Waals surface area contributed by atoms with Crippen molar-refractivity contribution in [2.24, 2.45) is 10.2 Å². The lowest BCUT2D eigenvalue weighted by Crippen LogP contribution is -2.45. The van der Waals surface area contributed by atoms with Gasteiger partial charge in [-0.15, -0.1) is 0 Å². The minimum absolute atomic E-state index is 0.0968. The van der Waals surface area contributed by atoms with Crippen LogP contribution < -0.4 is 4.90 Å². The standard InChI is InChI=1S/C26H25N5O4/c1-5-30(6-2)21-13-11-20(12-14-21)29-28-19-9-7-18(8-10-19)15-22-17(3)24(27-4)26(35)31(25(22)34)16-23(32)33/h7-15H,5-6,16H2,1-3H3,(H,32,33)/b22-15-,29-28?.